The summed E-state index contributed by atoms with van der Waals surface area (Å²) in [6.07, 6.45) is 4.30. The van der Waals surface area contributed by atoms with Gasteiger partial charge in [0.25, 0.3) is 0 Å². The van der Waals surface area contributed by atoms with Crippen molar-refractivity contribution in [2.45, 2.75) is 6.10 Å². The fourth-order valence-corrected chi connectivity index (χ4v) is 2.06. The number of rotatable bonds is 5. The Kier molecular flexibility index (Phi) is 5.63. The first-order chi connectivity index (χ1) is 10.6. The highest BCUT2D eigenvalue weighted by atomic mass is 35.5. The van der Waals surface area contributed by atoms with Gasteiger partial charge in [0.15, 0.2) is 0 Å². The molecular weight excluding hydrogens is 307 g/mol. The van der Waals surface area contributed by atoms with Gasteiger partial charge in [-0.05, 0) is 23.8 Å². The van der Waals surface area contributed by atoms with Gasteiger partial charge in [0.1, 0.15) is 5.82 Å². The zero-order valence-electron chi connectivity index (χ0n) is 11.5. The Morgan fingerprint density at radius 1 is 1.41 bits per heavy atom. The van der Waals surface area contributed by atoms with Crippen molar-refractivity contribution in [3.8, 4) is 0 Å². The highest BCUT2D eigenvalue weighted by Crippen LogP contribution is 2.21. The standard InChI is InChI=1S/C16H14ClFN2O2/c17-14-4-2-1-3-13(14)15(21)10-20-16(22)6-5-11-7-12(18)9-19-8-11/h1-9,15,21H,10H2,(H,20,22)/b6-5+. The fraction of sp³-hybridized carbons (Fsp3) is 0.125. The summed E-state index contributed by atoms with van der Waals surface area (Å²) in [7, 11) is 0. The Morgan fingerprint density at radius 3 is 2.91 bits per heavy atom. The molecule has 0 spiro atoms. The summed E-state index contributed by atoms with van der Waals surface area (Å²) < 4.78 is 12.9. The number of aromatic nitrogens is 1. The molecule has 1 aromatic carbocycles. The van der Waals surface area contributed by atoms with Crippen LogP contribution in [0.5, 0.6) is 0 Å². The molecule has 114 valence electrons. The number of pyridine rings is 1. The van der Waals surface area contributed by atoms with Crippen LogP contribution in [0.1, 0.15) is 17.2 Å². The third-order valence-electron chi connectivity index (χ3n) is 2.89. The van der Waals surface area contributed by atoms with Crippen molar-refractivity contribution in [1.82, 2.24) is 10.3 Å². The lowest BCUT2D eigenvalue weighted by atomic mass is 10.1. The van der Waals surface area contributed by atoms with E-state index in [0.717, 1.165) is 6.20 Å². The smallest absolute Gasteiger partial charge is 0.244 e. The summed E-state index contributed by atoms with van der Waals surface area (Å²) in [6.45, 7) is 0.0221. The molecule has 1 atom stereocenters. The van der Waals surface area contributed by atoms with E-state index in [9.17, 15) is 14.3 Å². The van der Waals surface area contributed by atoms with Gasteiger partial charge < -0.3 is 10.4 Å². The summed E-state index contributed by atoms with van der Waals surface area (Å²) in [5.41, 5.74) is 1.02. The van der Waals surface area contributed by atoms with E-state index in [1.807, 2.05) is 0 Å². The molecule has 0 bridgehead atoms. The molecule has 22 heavy (non-hydrogen) atoms. The average molecular weight is 321 g/mol. The van der Waals surface area contributed by atoms with Crippen LogP contribution in [-0.2, 0) is 4.79 Å². The summed E-state index contributed by atoms with van der Waals surface area (Å²) in [4.78, 5) is 15.3. The maximum absolute atomic E-state index is 12.9. The Bertz CT molecular complexity index is 691. The van der Waals surface area contributed by atoms with E-state index in [0.29, 0.717) is 16.1 Å². The predicted molar refractivity (Wildman–Crippen MR) is 82.7 cm³/mol. The SMILES string of the molecule is O=C(/C=C/c1cncc(F)c1)NCC(O)c1ccccc1Cl. The van der Waals surface area contributed by atoms with Crippen molar-refractivity contribution in [2.75, 3.05) is 6.54 Å². The molecule has 1 unspecified atom stereocenters. The number of nitrogens with one attached hydrogen (secondary N) is 1. The zero-order valence-corrected chi connectivity index (χ0v) is 12.3. The average Bonchev–Trinajstić information content (AvgIpc) is 2.51. The van der Waals surface area contributed by atoms with Crippen LogP contribution >= 0.6 is 11.6 Å². The molecule has 0 aliphatic rings. The Morgan fingerprint density at radius 2 is 2.18 bits per heavy atom. The van der Waals surface area contributed by atoms with Gasteiger partial charge >= 0.3 is 0 Å². The van der Waals surface area contributed by atoms with Crippen LogP contribution in [0.3, 0.4) is 0 Å². The molecule has 2 N–H and O–H groups in total. The number of hydrogen-bond acceptors (Lipinski definition) is 3. The van der Waals surface area contributed by atoms with Crippen LogP contribution in [0.15, 0.2) is 48.8 Å². The molecule has 2 rings (SSSR count). The van der Waals surface area contributed by atoms with Crippen LogP contribution in [0.4, 0.5) is 4.39 Å². The second-order valence-electron chi connectivity index (χ2n) is 4.55. The number of amides is 1. The van der Waals surface area contributed by atoms with Crippen molar-refractivity contribution in [2.24, 2.45) is 0 Å². The Balaban J connectivity index is 1.89. The molecule has 0 saturated heterocycles. The maximum Gasteiger partial charge on any atom is 0.244 e. The molecule has 0 aliphatic heterocycles. The Labute approximate surface area is 132 Å². The van der Waals surface area contributed by atoms with E-state index in [2.05, 4.69) is 10.3 Å². The zero-order chi connectivity index (χ0) is 15.9. The predicted octanol–water partition coefficient (Wildman–Crippen LogP) is 2.74. The monoisotopic (exact) mass is 320 g/mol. The van der Waals surface area contributed by atoms with E-state index < -0.39 is 17.8 Å². The molecule has 0 saturated carbocycles. The van der Waals surface area contributed by atoms with Crippen LogP contribution in [0.2, 0.25) is 5.02 Å². The normalized spacial score (nSPS) is 12.3. The lowest BCUT2D eigenvalue weighted by molar-refractivity contribution is -0.116. The van der Waals surface area contributed by atoms with Crippen molar-refractivity contribution in [1.29, 1.82) is 0 Å². The van der Waals surface area contributed by atoms with Crippen LogP contribution in [0, 0.1) is 5.82 Å². The quantitative estimate of drug-likeness (QED) is 0.833. The van der Waals surface area contributed by atoms with Crippen molar-refractivity contribution in [3.63, 3.8) is 0 Å². The first-order valence-corrected chi connectivity index (χ1v) is 6.93. The van der Waals surface area contributed by atoms with E-state index in [-0.39, 0.29) is 6.54 Å². The van der Waals surface area contributed by atoms with Gasteiger partial charge in [0, 0.05) is 29.4 Å². The second-order valence-corrected chi connectivity index (χ2v) is 4.96. The van der Waals surface area contributed by atoms with Gasteiger partial charge in [0.2, 0.25) is 5.91 Å². The molecular formula is C16H14ClFN2O2. The van der Waals surface area contributed by atoms with E-state index in [4.69, 9.17) is 11.6 Å². The summed E-state index contributed by atoms with van der Waals surface area (Å²) in [6, 6.07) is 8.12. The lowest BCUT2D eigenvalue weighted by Gasteiger charge is -2.12. The summed E-state index contributed by atoms with van der Waals surface area (Å²) >= 11 is 5.96. The molecule has 1 heterocycles. The number of aliphatic hydroxyl groups excluding tert-OH is 1. The van der Waals surface area contributed by atoms with Gasteiger partial charge in [-0.3, -0.25) is 9.78 Å². The molecule has 0 radical (unpaired) electrons. The minimum atomic E-state index is -0.901. The first-order valence-electron chi connectivity index (χ1n) is 6.55. The van der Waals surface area contributed by atoms with Crippen LogP contribution in [-0.4, -0.2) is 22.5 Å². The Hall–Kier alpha value is -2.24. The molecule has 2 aromatic rings. The van der Waals surface area contributed by atoms with Gasteiger partial charge in [-0.15, -0.1) is 0 Å². The highest BCUT2D eigenvalue weighted by molar-refractivity contribution is 6.31. The number of benzene rings is 1. The van der Waals surface area contributed by atoms with E-state index >= 15 is 0 Å². The maximum atomic E-state index is 12.9. The van der Waals surface area contributed by atoms with Gasteiger partial charge in [-0.1, -0.05) is 29.8 Å². The van der Waals surface area contributed by atoms with Crippen molar-refractivity contribution in [3.05, 3.63) is 70.8 Å². The molecule has 6 heteroatoms. The lowest BCUT2D eigenvalue weighted by Crippen LogP contribution is -2.26. The minimum Gasteiger partial charge on any atom is -0.387 e. The highest BCUT2D eigenvalue weighted by Gasteiger charge is 2.11. The molecule has 0 fully saturated rings. The van der Waals surface area contributed by atoms with Gasteiger partial charge in [0.05, 0.1) is 12.3 Å². The van der Waals surface area contributed by atoms with E-state index in [1.54, 1.807) is 24.3 Å². The molecule has 1 aromatic heterocycles. The molecule has 0 aliphatic carbocycles. The number of hydrogen-bond donors (Lipinski definition) is 2. The largest absolute Gasteiger partial charge is 0.387 e. The number of nitrogens with zero attached hydrogens (tertiary/aromatic N) is 1. The number of carbonyl (C=O) groups excluding carboxylic acids is 1. The van der Waals surface area contributed by atoms with Crippen LogP contribution in [0.25, 0.3) is 6.08 Å². The third-order valence-corrected chi connectivity index (χ3v) is 3.23. The topological polar surface area (TPSA) is 62.2 Å². The van der Waals surface area contributed by atoms with Gasteiger partial charge in [-0.2, -0.15) is 0 Å². The third kappa shape index (κ3) is 4.65. The summed E-state index contributed by atoms with van der Waals surface area (Å²) in [5, 5.41) is 13.0. The van der Waals surface area contributed by atoms with Crippen molar-refractivity contribution < 1.29 is 14.3 Å². The molecule has 4 nitrogen and oxygen atoms in total. The van der Waals surface area contributed by atoms with Crippen molar-refractivity contribution >= 4 is 23.6 Å². The summed E-state index contributed by atoms with van der Waals surface area (Å²) in [5.74, 6) is -0.882. The number of carbonyl (C=O) groups is 1. The number of halogens is 2. The van der Waals surface area contributed by atoms with Crippen LogP contribution < -0.4 is 5.32 Å². The number of aliphatic hydroxyl groups is 1. The molecule has 1 amide bonds. The van der Waals surface area contributed by atoms with Gasteiger partial charge in [-0.25, -0.2) is 4.39 Å². The first kappa shape index (κ1) is 16.1. The van der Waals surface area contributed by atoms with E-state index in [1.165, 1.54) is 24.4 Å². The second kappa shape index (κ2) is 7.68. The fourth-order valence-electron chi connectivity index (χ4n) is 1.80. The minimum absolute atomic E-state index is 0.0221.